The van der Waals surface area contributed by atoms with Crippen LogP contribution in [0, 0.1) is 0 Å². The molecule has 8 nitrogen and oxygen atoms in total. The summed E-state index contributed by atoms with van der Waals surface area (Å²) in [5, 5.41) is 38.5. The molecule has 1 aromatic heterocycles. The molecule has 2 aromatic carbocycles. The predicted octanol–water partition coefficient (Wildman–Crippen LogP) is -3.30. The molecule has 1 aliphatic heterocycles. The molecule has 9 heteroatoms. The van der Waals surface area contributed by atoms with Crippen LogP contribution in [-0.4, -0.2) is 55.2 Å². The highest BCUT2D eigenvalue weighted by molar-refractivity contribution is 5.28. The van der Waals surface area contributed by atoms with E-state index in [0.717, 1.165) is 11.4 Å². The molecular weight excluding hydrogens is 416 g/mol. The molecule has 27 heavy (non-hydrogen) atoms. The summed E-state index contributed by atoms with van der Waals surface area (Å²) in [5.74, 6) is 0.222. The van der Waals surface area contributed by atoms with Gasteiger partial charge in [0.1, 0.15) is 24.0 Å². The molecule has 0 saturated carbocycles. The van der Waals surface area contributed by atoms with E-state index in [-0.39, 0.29) is 22.8 Å². The summed E-state index contributed by atoms with van der Waals surface area (Å²) in [6.45, 7) is -0.396. The normalized spacial score (nSPS) is 24.6. The second kappa shape index (κ2) is 8.24. The minimum Gasteiger partial charge on any atom is -1.00 e. The molecular formula is C18H19BrN4O4. The van der Waals surface area contributed by atoms with Gasteiger partial charge in [-0.05, 0) is 34.2 Å². The van der Waals surface area contributed by atoms with Crippen molar-refractivity contribution in [2.45, 2.75) is 24.4 Å². The predicted molar refractivity (Wildman–Crippen MR) is 89.6 cm³/mol. The van der Waals surface area contributed by atoms with Crippen molar-refractivity contribution in [1.29, 1.82) is 0 Å². The molecule has 142 valence electrons. The summed E-state index contributed by atoms with van der Waals surface area (Å²) < 4.78 is 5.56. The average molecular weight is 435 g/mol. The Hall–Kier alpha value is -2.17. The van der Waals surface area contributed by atoms with Gasteiger partial charge >= 0.3 is 5.82 Å². The summed E-state index contributed by atoms with van der Waals surface area (Å²) in [6, 6.07) is 18.9. The third-order valence-electron chi connectivity index (χ3n) is 4.34. The number of rotatable bonds is 4. The first-order valence-corrected chi connectivity index (χ1v) is 8.32. The van der Waals surface area contributed by atoms with Crippen LogP contribution in [-0.2, 0) is 4.74 Å². The van der Waals surface area contributed by atoms with E-state index in [9.17, 15) is 15.3 Å². The van der Waals surface area contributed by atoms with Gasteiger partial charge in [-0.25, -0.2) is 0 Å². The van der Waals surface area contributed by atoms with Gasteiger partial charge in [0.05, 0.1) is 11.7 Å². The van der Waals surface area contributed by atoms with Gasteiger partial charge in [0.15, 0.2) is 11.8 Å². The molecule has 0 aliphatic carbocycles. The van der Waals surface area contributed by atoms with E-state index < -0.39 is 31.0 Å². The zero-order valence-electron chi connectivity index (χ0n) is 14.2. The molecule has 3 aromatic rings. The van der Waals surface area contributed by atoms with E-state index in [1.165, 1.54) is 0 Å². The van der Waals surface area contributed by atoms with Crippen LogP contribution in [0.2, 0.25) is 0 Å². The Balaban J connectivity index is 0.00000210. The van der Waals surface area contributed by atoms with E-state index >= 15 is 0 Å². The van der Waals surface area contributed by atoms with E-state index in [1.54, 1.807) is 9.59 Å². The Morgan fingerprint density at radius 3 is 2.19 bits per heavy atom. The van der Waals surface area contributed by atoms with Gasteiger partial charge in [0.25, 0.3) is 0 Å². The molecule has 4 rings (SSSR count). The van der Waals surface area contributed by atoms with E-state index in [4.69, 9.17) is 4.74 Å². The van der Waals surface area contributed by atoms with E-state index in [1.807, 2.05) is 60.7 Å². The first-order valence-electron chi connectivity index (χ1n) is 8.32. The fourth-order valence-electron chi connectivity index (χ4n) is 2.98. The molecule has 0 spiro atoms. The van der Waals surface area contributed by atoms with Gasteiger partial charge < -0.3 is 37.0 Å². The second-order valence-electron chi connectivity index (χ2n) is 6.07. The summed E-state index contributed by atoms with van der Waals surface area (Å²) in [7, 11) is 0. The highest BCUT2D eigenvalue weighted by Crippen LogP contribution is 2.31. The van der Waals surface area contributed by atoms with Gasteiger partial charge in [0.2, 0.25) is 0 Å². The number of aromatic nitrogens is 4. The molecule has 0 bridgehead atoms. The molecule has 4 atom stereocenters. The Labute approximate surface area is 166 Å². The van der Waals surface area contributed by atoms with E-state index in [0.29, 0.717) is 0 Å². The zero-order valence-corrected chi connectivity index (χ0v) is 15.8. The lowest BCUT2D eigenvalue weighted by Gasteiger charge is -2.10. The smallest absolute Gasteiger partial charge is 0.340 e. The van der Waals surface area contributed by atoms with Crippen molar-refractivity contribution in [3.05, 3.63) is 66.5 Å². The Bertz CT molecular complexity index is 821. The van der Waals surface area contributed by atoms with Crippen LogP contribution in [0.4, 0.5) is 0 Å². The fraction of sp³-hybridized carbons (Fsp3) is 0.278. The number of hydrogen-bond donors (Lipinski definition) is 3. The molecule has 3 N–H and O–H groups in total. The SMILES string of the molecule is OC[C@H]1O[C@H](c2nn(-c3ccccc3)[n+](-c3ccccc3)n2)[C@@H](O)[C@H]1O.[Br-]. The summed E-state index contributed by atoms with van der Waals surface area (Å²) in [5.41, 5.74) is 1.56. The molecule has 0 amide bonds. The Kier molecular flexibility index (Phi) is 5.98. The summed E-state index contributed by atoms with van der Waals surface area (Å²) in [6.07, 6.45) is -4.22. The van der Waals surface area contributed by atoms with Gasteiger partial charge in [-0.3, -0.25) is 0 Å². The van der Waals surface area contributed by atoms with Crippen LogP contribution in [0.25, 0.3) is 11.4 Å². The molecule has 0 radical (unpaired) electrons. The van der Waals surface area contributed by atoms with Crippen LogP contribution in [0.3, 0.4) is 0 Å². The molecule has 1 saturated heterocycles. The number of para-hydroxylation sites is 2. The van der Waals surface area contributed by atoms with Crippen LogP contribution < -0.4 is 21.8 Å². The van der Waals surface area contributed by atoms with Gasteiger partial charge in [0, 0.05) is 4.80 Å². The standard InChI is InChI=1S/C18H19N4O4.BrH/c23-11-14-15(24)16(25)17(26-14)18-19-21(12-7-3-1-4-8-12)22(20-18)13-9-5-2-6-10-13;/h1-10,14-17,23-25H,11H2;1H/q+1;/p-1/t14-,15+,16+,17+;/m1./s1. The largest absolute Gasteiger partial charge is 1.00 e. The number of benzene rings is 2. The number of tetrazole rings is 1. The monoisotopic (exact) mass is 434 g/mol. The number of halogens is 1. The van der Waals surface area contributed by atoms with Crippen LogP contribution in [0.15, 0.2) is 60.7 Å². The van der Waals surface area contributed by atoms with Crippen molar-refractivity contribution in [1.82, 2.24) is 15.0 Å². The number of hydrogen-bond acceptors (Lipinski definition) is 6. The lowest BCUT2D eigenvalue weighted by molar-refractivity contribution is -0.735. The van der Waals surface area contributed by atoms with Crippen molar-refractivity contribution in [3.63, 3.8) is 0 Å². The first kappa shape index (κ1) is 19.6. The van der Waals surface area contributed by atoms with Crippen LogP contribution >= 0.6 is 0 Å². The highest BCUT2D eigenvalue weighted by Gasteiger charge is 2.48. The van der Waals surface area contributed by atoms with Crippen molar-refractivity contribution >= 4 is 0 Å². The van der Waals surface area contributed by atoms with E-state index in [2.05, 4.69) is 10.2 Å². The maximum Gasteiger partial charge on any atom is 0.340 e. The third kappa shape index (κ3) is 3.64. The van der Waals surface area contributed by atoms with Crippen LogP contribution in [0.1, 0.15) is 11.9 Å². The molecule has 1 fully saturated rings. The van der Waals surface area contributed by atoms with Gasteiger partial charge in [-0.15, -0.1) is 0 Å². The Morgan fingerprint density at radius 2 is 1.59 bits per heavy atom. The first-order chi connectivity index (χ1) is 12.7. The van der Waals surface area contributed by atoms with Crippen LogP contribution in [0.5, 0.6) is 0 Å². The summed E-state index contributed by atoms with van der Waals surface area (Å²) >= 11 is 0. The molecule has 2 heterocycles. The zero-order chi connectivity index (χ0) is 18.1. The summed E-state index contributed by atoms with van der Waals surface area (Å²) in [4.78, 5) is 3.19. The van der Waals surface area contributed by atoms with Crippen molar-refractivity contribution in [2.75, 3.05) is 6.61 Å². The Morgan fingerprint density at radius 1 is 0.963 bits per heavy atom. The van der Waals surface area contributed by atoms with Gasteiger partial charge in [-0.1, -0.05) is 36.4 Å². The lowest BCUT2D eigenvalue weighted by Crippen LogP contribution is -3.00. The number of ether oxygens (including phenoxy) is 1. The van der Waals surface area contributed by atoms with Crippen molar-refractivity contribution in [2.24, 2.45) is 0 Å². The average Bonchev–Trinajstić information content (AvgIpc) is 3.25. The maximum absolute atomic E-state index is 10.3. The maximum atomic E-state index is 10.3. The van der Waals surface area contributed by atoms with Gasteiger partial charge in [-0.2, -0.15) is 0 Å². The topological polar surface area (TPSA) is 105 Å². The quantitative estimate of drug-likeness (QED) is 0.371. The van der Waals surface area contributed by atoms with Crippen molar-refractivity contribution < 1.29 is 41.8 Å². The molecule has 0 unspecified atom stereocenters. The fourth-order valence-corrected chi connectivity index (χ4v) is 2.98. The minimum atomic E-state index is -1.22. The second-order valence-corrected chi connectivity index (χ2v) is 6.07. The van der Waals surface area contributed by atoms with Crippen molar-refractivity contribution in [3.8, 4) is 11.4 Å². The number of aliphatic hydroxyl groups excluding tert-OH is 3. The number of nitrogens with zero attached hydrogens (tertiary/aromatic N) is 4. The number of aliphatic hydroxyl groups is 3. The minimum absolute atomic E-state index is 0. The third-order valence-corrected chi connectivity index (χ3v) is 4.34. The molecule has 1 aliphatic rings. The highest BCUT2D eigenvalue weighted by atomic mass is 79.9. The lowest BCUT2D eigenvalue weighted by atomic mass is 10.1.